The lowest BCUT2D eigenvalue weighted by Gasteiger charge is -2.31. The molecule has 2 aromatic heterocycles. The average molecular weight is 436 g/mol. The van der Waals surface area contributed by atoms with E-state index in [0.717, 1.165) is 13.1 Å². The van der Waals surface area contributed by atoms with Crippen LogP contribution in [-0.4, -0.2) is 64.3 Å². The third-order valence-electron chi connectivity index (χ3n) is 5.81. The van der Waals surface area contributed by atoms with Crippen molar-refractivity contribution in [1.29, 1.82) is 0 Å². The molecule has 10 nitrogen and oxygen atoms in total. The lowest BCUT2D eigenvalue weighted by Crippen LogP contribution is -2.47. The van der Waals surface area contributed by atoms with Gasteiger partial charge in [-0.05, 0) is 24.8 Å². The SMILES string of the molecule is CCc1c(N2CCNCC2)c(=O)n2nc(N3CCC(=C(F)F)CC3)nc2n1CC(N)=O. The number of amides is 1. The minimum Gasteiger partial charge on any atom is -0.368 e. The first kappa shape index (κ1) is 21.2. The van der Waals surface area contributed by atoms with Gasteiger partial charge in [0.2, 0.25) is 17.6 Å². The summed E-state index contributed by atoms with van der Waals surface area (Å²) in [4.78, 5) is 33.5. The molecule has 0 aromatic carbocycles. The highest BCUT2D eigenvalue weighted by Gasteiger charge is 2.27. The number of fused-ring (bicyclic) bond motifs is 1. The van der Waals surface area contributed by atoms with E-state index in [0.29, 0.717) is 44.0 Å². The van der Waals surface area contributed by atoms with E-state index >= 15 is 0 Å². The van der Waals surface area contributed by atoms with Gasteiger partial charge in [-0.1, -0.05) is 6.92 Å². The van der Waals surface area contributed by atoms with Crippen LogP contribution in [0.4, 0.5) is 20.4 Å². The van der Waals surface area contributed by atoms with Crippen molar-refractivity contribution in [2.24, 2.45) is 5.73 Å². The zero-order chi connectivity index (χ0) is 22.1. The predicted octanol–water partition coefficient (Wildman–Crippen LogP) is 0.0991. The highest BCUT2D eigenvalue weighted by atomic mass is 19.3. The second kappa shape index (κ2) is 8.61. The largest absolute Gasteiger partial charge is 0.368 e. The third kappa shape index (κ3) is 3.99. The summed E-state index contributed by atoms with van der Waals surface area (Å²) < 4.78 is 28.6. The molecule has 2 fully saturated rings. The number of hydrogen-bond acceptors (Lipinski definition) is 7. The summed E-state index contributed by atoms with van der Waals surface area (Å²) in [5.74, 6) is -0.0390. The minimum atomic E-state index is -1.63. The predicted molar refractivity (Wildman–Crippen MR) is 112 cm³/mol. The molecule has 0 radical (unpaired) electrons. The monoisotopic (exact) mass is 436 g/mol. The molecule has 168 valence electrons. The molecule has 0 saturated carbocycles. The van der Waals surface area contributed by atoms with Gasteiger partial charge in [-0.15, -0.1) is 5.10 Å². The third-order valence-corrected chi connectivity index (χ3v) is 5.81. The summed E-state index contributed by atoms with van der Waals surface area (Å²) in [6.45, 7) is 5.24. The molecule has 0 atom stereocenters. The lowest BCUT2D eigenvalue weighted by atomic mass is 10.1. The lowest BCUT2D eigenvalue weighted by molar-refractivity contribution is -0.118. The zero-order valence-corrected chi connectivity index (χ0v) is 17.4. The Morgan fingerprint density at radius 2 is 1.81 bits per heavy atom. The fraction of sp³-hybridized carbons (Fsp3) is 0.579. The summed E-state index contributed by atoms with van der Waals surface area (Å²) in [5.41, 5.74) is 6.51. The van der Waals surface area contributed by atoms with Crippen LogP contribution in [0.25, 0.3) is 5.78 Å². The molecule has 12 heteroatoms. The second-order valence-electron chi connectivity index (χ2n) is 7.72. The summed E-state index contributed by atoms with van der Waals surface area (Å²) in [7, 11) is 0. The van der Waals surface area contributed by atoms with Crippen molar-refractivity contribution in [2.45, 2.75) is 32.7 Å². The molecule has 4 rings (SSSR count). The van der Waals surface area contributed by atoms with Crippen molar-refractivity contribution in [2.75, 3.05) is 49.1 Å². The summed E-state index contributed by atoms with van der Waals surface area (Å²) in [5, 5.41) is 7.67. The Kier molecular flexibility index (Phi) is 5.90. The van der Waals surface area contributed by atoms with Gasteiger partial charge in [0.05, 0.1) is 5.69 Å². The number of piperazine rings is 1. The van der Waals surface area contributed by atoms with Gasteiger partial charge < -0.3 is 25.4 Å². The first-order valence-corrected chi connectivity index (χ1v) is 10.4. The topological polar surface area (TPSA) is 114 Å². The van der Waals surface area contributed by atoms with E-state index in [1.807, 2.05) is 11.8 Å². The molecule has 2 aliphatic rings. The van der Waals surface area contributed by atoms with Crippen molar-refractivity contribution in [1.82, 2.24) is 24.5 Å². The molecule has 0 unspecified atom stereocenters. The van der Waals surface area contributed by atoms with Crippen LogP contribution >= 0.6 is 0 Å². The maximum absolute atomic E-state index is 13.4. The van der Waals surface area contributed by atoms with Gasteiger partial charge >= 0.3 is 0 Å². The van der Waals surface area contributed by atoms with E-state index < -0.39 is 12.0 Å². The summed E-state index contributed by atoms with van der Waals surface area (Å²) >= 11 is 0. The number of anilines is 2. The van der Waals surface area contributed by atoms with Crippen molar-refractivity contribution in [3.63, 3.8) is 0 Å². The number of hydrogen-bond donors (Lipinski definition) is 2. The Balaban J connectivity index is 1.83. The Hall–Kier alpha value is -3.02. The quantitative estimate of drug-likeness (QED) is 0.683. The highest BCUT2D eigenvalue weighted by molar-refractivity contribution is 5.74. The number of carbonyl (C=O) groups excluding carboxylic acids is 1. The van der Waals surface area contributed by atoms with Crippen molar-refractivity contribution in [3.8, 4) is 0 Å². The number of piperidine rings is 1. The van der Waals surface area contributed by atoms with Gasteiger partial charge in [-0.25, -0.2) is 0 Å². The van der Waals surface area contributed by atoms with Gasteiger partial charge in [0, 0.05) is 39.3 Å². The smallest absolute Gasteiger partial charge is 0.299 e. The Labute approximate surface area is 177 Å². The Morgan fingerprint density at radius 1 is 1.13 bits per heavy atom. The fourth-order valence-electron chi connectivity index (χ4n) is 4.26. The van der Waals surface area contributed by atoms with E-state index in [-0.39, 0.29) is 42.2 Å². The van der Waals surface area contributed by atoms with Crippen LogP contribution in [0, 0.1) is 0 Å². The van der Waals surface area contributed by atoms with Gasteiger partial charge in [0.25, 0.3) is 11.6 Å². The number of nitrogens with one attached hydrogen (secondary N) is 1. The van der Waals surface area contributed by atoms with Gasteiger partial charge in [-0.3, -0.25) is 9.59 Å². The highest BCUT2D eigenvalue weighted by Crippen LogP contribution is 2.25. The zero-order valence-electron chi connectivity index (χ0n) is 17.4. The van der Waals surface area contributed by atoms with Crippen LogP contribution in [0.2, 0.25) is 0 Å². The first-order chi connectivity index (χ1) is 14.9. The number of nitrogens with zero attached hydrogens (tertiary/aromatic N) is 6. The van der Waals surface area contributed by atoms with Crippen molar-refractivity contribution >= 4 is 23.3 Å². The molecule has 0 bridgehead atoms. The number of primary amides is 1. The molecule has 2 aliphatic heterocycles. The van der Waals surface area contributed by atoms with E-state index in [9.17, 15) is 18.4 Å². The fourth-order valence-corrected chi connectivity index (χ4v) is 4.26. The van der Waals surface area contributed by atoms with E-state index in [1.54, 1.807) is 9.47 Å². The minimum absolute atomic E-state index is 0.135. The molecular weight excluding hydrogens is 410 g/mol. The van der Waals surface area contributed by atoms with Crippen LogP contribution < -0.4 is 26.4 Å². The van der Waals surface area contributed by atoms with E-state index in [1.165, 1.54) is 4.52 Å². The van der Waals surface area contributed by atoms with Gasteiger partial charge in [0.15, 0.2) is 0 Å². The molecule has 0 spiro atoms. The average Bonchev–Trinajstić information content (AvgIpc) is 3.22. The van der Waals surface area contributed by atoms with E-state index in [2.05, 4.69) is 15.4 Å². The van der Waals surface area contributed by atoms with Crippen LogP contribution in [0.15, 0.2) is 16.4 Å². The maximum atomic E-state index is 13.4. The number of halogens is 2. The molecule has 4 heterocycles. The number of carbonyl (C=O) groups is 1. The van der Waals surface area contributed by atoms with Crippen LogP contribution in [0.5, 0.6) is 0 Å². The van der Waals surface area contributed by atoms with Gasteiger partial charge in [0.1, 0.15) is 12.2 Å². The number of aromatic nitrogens is 4. The number of nitrogens with two attached hydrogens (primary N) is 1. The van der Waals surface area contributed by atoms with Crippen molar-refractivity contribution < 1.29 is 13.6 Å². The maximum Gasteiger partial charge on any atom is 0.299 e. The molecule has 2 saturated heterocycles. The molecule has 0 aliphatic carbocycles. The first-order valence-electron chi connectivity index (χ1n) is 10.4. The Bertz CT molecular complexity index is 1070. The Morgan fingerprint density at radius 3 is 2.39 bits per heavy atom. The number of rotatable bonds is 5. The van der Waals surface area contributed by atoms with Gasteiger partial charge in [-0.2, -0.15) is 18.3 Å². The van der Waals surface area contributed by atoms with Crippen LogP contribution in [0.3, 0.4) is 0 Å². The summed E-state index contributed by atoms with van der Waals surface area (Å²) in [6.07, 6.45) is -0.684. The van der Waals surface area contributed by atoms with Crippen LogP contribution in [0.1, 0.15) is 25.5 Å². The molecular formula is C19H26F2N8O2. The molecule has 2 aromatic rings. The standard InChI is InChI=1S/C19H26F2N8O2/c1-2-13-15(26-9-5-23-6-10-26)17(31)29-19(28(13)11-14(22)30)24-18(25-29)27-7-3-12(4-8-27)16(20)21/h23H,2-11H2,1H3,(H2,22,30). The second-order valence-corrected chi connectivity index (χ2v) is 7.72. The molecule has 3 N–H and O–H groups in total. The molecule has 1 amide bonds. The van der Waals surface area contributed by atoms with E-state index in [4.69, 9.17) is 5.73 Å². The normalized spacial score (nSPS) is 17.5. The summed E-state index contributed by atoms with van der Waals surface area (Å²) in [6, 6.07) is 0. The van der Waals surface area contributed by atoms with Crippen LogP contribution in [-0.2, 0) is 17.8 Å². The van der Waals surface area contributed by atoms with Crippen molar-refractivity contribution in [3.05, 3.63) is 27.7 Å². The molecule has 31 heavy (non-hydrogen) atoms.